The van der Waals surface area contributed by atoms with Crippen LogP contribution in [0.25, 0.3) is 5.69 Å². The fraction of sp³-hybridized carbons (Fsp3) is 0.348. The number of furan rings is 1. The van der Waals surface area contributed by atoms with Gasteiger partial charge in [-0.15, -0.1) is 5.10 Å². The molecule has 0 radical (unpaired) electrons. The summed E-state index contributed by atoms with van der Waals surface area (Å²) in [7, 11) is 0. The molecule has 34 heavy (non-hydrogen) atoms. The number of esters is 1. The van der Waals surface area contributed by atoms with Crippen molar-refractivity contribution in [1.82, 2.24) is 30.8 Å². The molecule has 1 aromatic carbocycles. The first-order valence-electron chi connectivity index (χ1n) is 11.1. The highest BCUT2D eigenvalue weighted by Crippen LogP contribution is 2.31. The number of aryl methyl sites for hydroxylation is 1. The van der Waals surface area contributed by atoms with Gasteiger partial charge in [0.05, 0.1) is 24.1 Å². The van der Waals surface area contributed by atoms with E-state index in [9.17, 15) is 9.59 Å². The number of aromatic nitrogens is 4. The van der Waals surface area contributed by atoms with Crippen molar-refractivity contribution in [3.63, 3.8) is 0 Å². The van der Waals surface area contributed by atoms with Gasteiger partial charge in [-0.1, -0.05) is 37.2 Å². The Kier molecular flexibility index (Phi) is 7.63. The van der Waals surface area contributed by atoms with E-state index < -0.39 is 18.0 Å². The fourth-order valence-corrected chi connectivity index (χ4v) is 4.46. The fourth-order valence-electron chi connectivity index (χ4n) is 3.60. The second-order valence-corrected chi connectivity index (χ2v) is 8.53. The van der Waals surface area contributed by atoms with E-state index in [1.165, 1.54) is 23.6 Å². The zero-order valence-electron chi connectivity index (χ0n) is 19.0. The van der Waals surface area contributed by atoms with Crippen molar-refractivity contribution in [2.24, 2.45) is 0 Å². The third-order valence-corrected chi connectivity index (χ3v) is 6.21. The number of tetrazole rings is 1. The van der Waals surface area contributed by atoms with Gasteiger partial charge in [0.25, 0.3) is 0 Å². The molecule has 1 aliphatic heterocycles. The van der Waals surface area contributed by atoms with Gasteiger partial charge in [0.1, 0.15) is 11.8 Å². The number of nitrogens with one attached hydrogen (secondary N) is 2. The number of carbonyl (C=O) groups excluding carboxylic acids is 2. The van der Waals surface area contributed by atoms with Gasteiger partial charge in [-0.05, 0) is 60.0 Å². The van der Waals surface area contributed by atoms with E-state index in [4.69, 9.17) is 9.15 Å². The predicted molar refractivity (Wildman–Crippen MR) is 125 cm³/mol. The van der Waals surface area contributed by atoms with Crippen LogP contribution in [0.3, 0.4) is 0 Å². The monoisotopic (exact) mass is 482 g/mol. The van der Waals surface area contributed by atoms with Crippen molar-refractivity contribution in [1.29, 1.82) is 0 Å². The molecule has 2 N–H and O–H groups in total. The maximum atomic E-state index is 12.8. The predicted octanol–water partition coefficient (Wildman–Crippen LogP) is 3.56. The minimum Gasteiger partial charge on any atom is -0.467 e. The largest absolute Gasteiger partial charge is 0.467 e. The molecule has 0 fully saturated rings. The van der Waals surface area contributed by atoms with Crippen molar-refractivity contribution >= 4 is 23.8 Å². The highest BCUT2D eigenvalue weighted by molar-refractivity contribution is 7.99. The molecule has 3 heterocycles. The zero-order valence-corrected chi connectivity index (χ0v) is 19.8. The first-order valence-corrected chi connectivity index (χ1v) is 12.1. The molecule has 2 amide bonds. The highest BCUT2D eigenvalue weighted by Gasteiger charge is 2.35. The summed E-state index contributed by atoms with van der Waals surface area (Å²) >= 11 is 1.30. The highest BCUT2D eigenvalue weighted by atomic mass is 32.2. The molecule has 10 nitrogen and oxygen atoms in total. The van der Waals surface area contributed by atoms with Gasteiger partial charge >= 0.3 is 12.0 Å². The van der Waals surface area contributed by atoms with E-state index >= 15 is 0 Å². The van der Waals surface area contributed by atoms with E-state index in [0.717, 1.165) is 24.9 Å². The maximum absolute atomic E-state index is 12.8. The summed E-state index contributed by atoms with van der Waals surface area (Å²) in [5, 5.41) is 18.0. The van der Waals surface area contributed by atoms with Crippen LogP contribution in [0, 0.1) is 0 Å². The molecule has 3 aromatic rings. The van der Waals surface area contributed by atoms with Gasteiger partial charge in [0.15, 0.2) is 0 Å². The van der Waals surface area contributed by atoms with Crippen molar-refractivity contribution in [3.8, 4) is 5.69 Å². The Morgan fingerprint density at radius 2 is 2.06 bits per heavy atom. The molecule has 1 unspecified atom stereocenters. The summed E-state index contributed by atoms with van der Waals surface area (Å²) in [6.07, 6.45) is 4.81. The molecule has 1 atom stereocenters. The van der Waals surface area contributed by atoms with Gasteiger partial charge in [-0.2, -0.15) is 4.68 Å². The molecular formula is C23H26N6O4S. The number of benzene rings is 1. The number of thioether (sulfide) groups is 1. The first kappa shape index (κ1) is 23.6. The average Bonchev–Trinajstić information content (AvgIpc) is 3.54. The number of hydrogen-bond acceptors (Lipinski definition) is 8. The Balaban J connectivity index is 1.58. The van der Waals surface area contributed by atoms with Crippen LogP contribution in [0.2, 0.25) is 0 Å². The molecule has 0 spiro atoms. The van der Waals surface area contributed by atoms with Crippen LogP contribution < -0.4 is 10.6 Å². The number of rotatable bonds is 10. The second kappa shape index (κ2) is 11.0. The lowest BCUT2D eigenvalue weighted by atomic mass is 10.0. The molecular weight excluding hydrogens is 456 g/mol. The summed E-state index contributed by atoms with van der Waals surface area (Å²) in [5.41, 5.74) is 2.79. The summed E-state index contributed by atoms with van der Waals surface area (Å²) in [6.45, 7) is 4.10. The van der Waals surface area contributed by atoms with Crippen LogP contribution in [0.1, 0.15) is 44.1 Å². The van der Waals surface area contributed by atoms with Gasteiger partial charge in [-0.3, -0.25) is 0 Å². The molecule has 4 rings (SSSR count). The standard InChI is InChI=1S/C23H26N6O4S/c1-3-5-7-15-9-11-16(12-10-15)29-23(26-27-28-29)34-14-17-19(21(30)32-4-2)20(25-22(31)24-17)18-8-6-13-33-18/h6,8-13,20H,3-5,7,14H2,1-2H3,(H2,24,25,31). The summed E-state index contributed by atoms with van der Waals surface area (Å²) in [4.78, 5) is 25.2. The first-order chi connectivity index (χ1) is 16.6. The lowest BCUT2D eigenvalue weighted by Crippen LogP contribution is -2.46. The lowest BCUT2D eigenvalue weighted by Gasteiger charge is -2.27. The number of carbonyl (C=O) groups is 2. The van der Waals surface area contributed by atoms with E-state index in [0.29, 0.717) is 16.6 Å². The second-order valence-electron chi connectivity index (χ2n) is 7.59. The van der Waals surface area contributed by atoms with Gasteiger partial charge in [-0.25, -0.2) is 9.59 Å². The third kappa shape index (κ3) is 5.30. The third-order valence-electron chi connectivity index (χ3n) is 5.26. The van der Waals surface area contributed by atoms with E-state index in [2.05, 4.69) is 45.2 Å². The van der Waals surface area contributed by atoms with Crippen LogP contribution in [-0.4, -0.2) is 44.6 Å². The smallest absolute Gasteiger partial charge is 0.338 e. The SMILES string of the molecule is CCCCc1ccc(-n2nnnc2SCC2=C(C(=O)OCC)C(c3ccco3)NC(=O)N2)cc1. The minimum atomic E-state index is -0.759. The Morgan fingerprint density at radius 3 is 2.76 bits per heavy atom. The van der Waals surface area contributed by atoms with Gasteiger partial charge in [0, 0.05) is 11.4 Å². The molecule has 0 saturated heterocycles. The Morgan fingerprint density at radius 1 is 1.24 bits per heavy atom. The Hall–Kier alpha value is -3.60. The van der Waals surface area contributed by atoms with E-state index in [1.807, 2.05) is 12.1 Å². The number of nitrogens with zero attached hydrogens (tertiary/aromatic N) is 4. The lowest BCUT2D eigenvalue weighted by molar-refractivity contribution is -0.139. The van der Waals surface area contributed by atoms with Crippen LogP contribution in [-0.2, 0) is 16.0 Å². The summed E-state index contributed by atoms with van der Waals surface area (Å²) in [6, 6.07) is 10.3. The van der Waals surface area contributed by atoms with Crippen LogP contribution in [0.4, 0.5) is 4.79 Å². The number of hydrogen-bond donors (Lipinski definition) is 2. The Labute approximate surface area is 201 Å². The number of urea groups is 1. The molecule has 0 aliphatic carbocycles. The quantitative estimate of drug-likeness (QED) is 0.332. The van der Waals surface area contributed by atoms with Gasteiger partial charge < -0.3 is 19.8 Å². The van der Waals surface area contributed by atoms with Crippen molar-refractivity contribution in [2.45, 2.75) is 44.3 Å². The van der Waals surface area contributed by atoms with Crippen LogP contribution in [0.15, 0.2) is 63.5 Å². The molecule has 2 aromatic heterocycles. The van der Waals surface area contributed by atoms with Crippen molar-refractivity contribution < 1.29 is 18.7 Å². The van der Waals surface area contributed by atoms with E-state index in [1.54, 1.807) is 23.7 Å². The molecule has 1 aliphatic rings. The molecule has 0 bridgehead atoms. The van der Waals surface area contributed by atoms with Crippen LogP contribution in [0.5, 0.6) is 0 Å². The summed E-state index contributed by atoms with van der Waals surface area (Å²) < 4.78 is 12.4. The van der Waals surface area contributed by atoms with Crippen LogP contribution >= 0.6 is 11.8 Å². The summed E-state index contributed by atoms with van der Waals surface area (Å²) in [5.74, 6) is 0.149. The normalized spacial score (nSPS) is 15.7. The maximum Gasteiger partial charge on any atom is 0.338 e. The molecule has 178 valence electrons. The molecule has 11 heteroatoms. The number of amides is 2. The van der Waals surface area contributed by atoms with Crippen molar-refractivity contribution in [2.75, 3.05) is 12.4 Å². The Bertz CT molecular complexity index is 1160. The molecule has 0 saturated carbocycles. The van der Waals surface area contributed by atoms with Gasteiger partial charge in [0.2, 0.25) is 5.16 Å². The topological polar surface area (TPSA) is 124 Å². The number of ether oxygens (including phenoxy) is 1. The number of unbranched alkanes of at least 4 members (excludes halogenated alkanes) is 1. The minimum absolute atomic E-state index is 0.202. The average molecular weight is 483 g/mol. The zero-order chi connectivity index (χ0) is 23.9. The van der Waals surface area contributed by atoms with E-state index in [-0.39, 0.29) is 17.9 Å². The van der Waals surface area contributed by atoms with Crippen molar-refractivity contribution in [3.05, 3.63) is 65.3 Å².